The standard InChI is InChI=1S/C20H21ClFN3O2/c1-26-10-9-25(13-16-7-8-17(22)12-18(16)21)14-20-24-23-19(27-20)11-15-5-3-2-4-6-15/h2-8,12H,9-11,13-14H2,1H3. The van der Waals surface area contributed by atoms with E-state index in [1.54, 1.807) is 13.2 Å². The minimum Gasteiger partial charge on any atom is -0.424 e. The van der Waals surface area contributed by atoms with Crippen LogP contribution in [0, 0.1) is 5.82 Å². The van der Waals surface area contributed by atoms with Gasteiger partial charge in [-0.3, -0.25) is 4.90 Å². The molecule has 0 saturated carbocycles. The molecule has 0 aliphatic carbocycles. The summed E-state index contributed by atoms with van der Waals surface area (Å²) < 4.78 is 24.2. The van der Waals surface area contributed by atoms with Crippen LogP contribution in [0.5, 0.6) is 0 Å². The Kier molecular flexibility index (Phi) is 6.92. The molecule has 0 unspecified atom stereocenters. The quantitative estimate of drug-likeness (QED) is 0.551. The second-order valence-electron chi connectivity index (χ2n) is 6.19. The van der Waals surface area contributed by atoms with Crippen LogP contribution < -0.4 is 0 Å². The molecular formula is C20H21ClFN3O2. The van der Waals surface area contributed by atoms with Crippen molar-refractivity contribution in [1.29, 1.82) is 0 Å². The molecule has 1 heterocycles. The number of hydrogen-bond donors (Lipinski definition) is 0. The molecular weight excluding hydrogens is 369 g/mol. The highest BCUT2D eigenvalue weighted by molar-refractivity contribution is 6.31. The number of hydrogen-bond acceptors (Lipinski definition) is 5. The SMILES string of the molecule is COCCN(Cc1nnc(Cc2ccccc2)o1)Cc1ccc(F)cc1Cl. The smallest absolute Gasteiger partial charge is 0.230 e. The summed E-state index contributed by atoms with van der Waals surface area (Å²) in [6, 6.07) is 14.4. The fourth-order valence-electron chi connectivity index (χ4n) is 2.71. The maximum absolute atomic E-state index is 13.3. The van der Waals surface area contributed by atoms with Crippen LogP contribution in [0.4, 0.5) is 4.39 Å². The van der Waals surface area contributed by atoms with Gasteiger partial charge in [0.25, 0.3) is 0 Å². The number of ether oxygens (including phenoxy) is 1. The van der Waals surface area contributed by atoms with E-state index in [0.29, 0.717) is 49.5 Å². The summed E-state index contributed by atoms with van der Waals surface area (Å²) in [5.41, 5.74) is 1.94. The average Bonchev–Trinajstić information content (AvgIpc) is 3.09. The average molecular weight is 390 g/mol. The molecule has 0 bridgehead atoms. The number of halogens is 2. The zero-order chi connectivity index (χ0) is 19.1. The molecule has 0 atom stereocenters. The van der Waals surface area contributed by atoms with E-state index in [2.05, 4.69) is 15.1 Å². The lowest BCUT2D eigenvalue weighted by molar-refractivity contribution is 0.133. The van der Waals surface area contributed by atoms with Crippen LogP contribution in [0.2, 0.25) is 5.02 Å². The van der Waals surface area contributed by atoms with Crippen molar-refractivity contribution in [2.75, 3.05) is 20.3 Å². The second kappa shape index (κ2) is 9.60. The first-order chi connectivity index (χ1) is 13.1. The van der Waals surface area contributed by atoms with Crippen molar-refractivity contribution in [2.24, 2.45) is 0 Å². The molecule has 0 radical (unpaired) electrons. The fraction of sp³-hybridized carbons (Fsp3) is 0.300. The highest BCUT2D eigenvalue weighted by atomic mass is 35.5. The molecule has 5 nitrogen and oxygen atoms in total. The van der Waals surface area contributed by atoms with E-state index in [1.165, 1.54) is 12.1 Å². The third kappa shape index (κ3) is 5.85. The molecule has 3 rings (SSSR count). The van der Waals surface area contributed by atoms with E-state index in [1.807, 2.05) is 30.3 Å². The van der Waals surface area contributed by atoms with Crippen LogP contribution in [-0.2, 0) is 24.2 Å². The van der Waals surface area contributed by atoms with E-state index >= 15 is 0 Å². The molecule has 3 aromatic rings. The summed E-state index contributed by atoms with van der Waals surface area (Å²) in [7, 11) is 1.65. The zero-order valence-corrected chi connectivity index (χ0v) is 15.8. The van der Waals surface area contributed by atoms with E-state index in [-0.39, 0.29) is 5.82 Å². The van der Waals surface area contributed by atoms with E-state index in [4.69, 9.17) is 20.8 Å². The largest absolute Gasteiger partial charge is 0.424 e. The van der Waals surface area contributed by atoms with Crippen LogP contribution in [0.25, 0.3) is 0 Å². The van der Waals surface area contributed by atoms with Crippen LogP contribution in [0.15, 0.2) is 52.9 Å². The molecule has 2 aromatic carbocycles. The molecule has 27 heavy (non-hydrogen) atoms. The van der Waals surface area contributed by atoms with Gasteiger partial charge < -0.3 is 9.15 Å². The Labute approximate surface area is 162 Å². The zero-order valence-electron chi connectivity index (χ0n) is 15.1. The van der Waals surface area contributed by atoms with Crippen molar-refractivity contribution in [3.63, 3.8) is 0 Å². The third-order valence-corrected chi connectivity index (χ3v) is 4.44. The van der Waals surface area contributed by atoms with Crippen molar-refractivity contribution >= 4 is 11.6 Å². The van der Waals surface area contributed by atoms with Crippen LogP contribution in [0.1, 0.15) is 22.9 Å². The van der Waals surface area contributed by atoms with Crippen molar-refractivity contribution in [3.05, 3.63) is 82.3 Å². The first kappa shape index (κ1) is 19.5. The van der Waals surface area contributed by atoms with Gasteiger partial charge in [-0.05, 0) is 23.3 Å². The van der Waals surface area contributed by atoms with Gasteiger partial charge in [0.2, 0.25) is 11.8 Å². The molecule has 0 saturated heterocycles. The van der Waals surface area contributed by atoms with Gasteiger partial charge in [0.15, 0.2) is 0 Å². The molecule has 0 spiro atoms. The van der Waals surface area contributed by atoms with Crippen LogP contribution >= 0.6 is 11.6 Å². The number of nitrogens with zero attached hydrogens (tertiary/aromatic N) is 3. The van der Waals surface area contributed by atoms with Crippen LogP contribution in [0.3, 0.4) is 0 Å². The second-order valence-corrected chi connectivity index (χ2v) is 6.60. The predicted octanol–water partition coefficient (Wildman–Crippen LogP) is 4.10. The lowest BCUT2D eigenvalue weighted by Gasteiger charge is -2.20. The topological polar surface area (TPSA) is 51.4 Å². The van der Waals surface area contributed by atoms with E-state index in [9.17, 15) is 4.39 Å². The Morgan fingerprint density at radius 2 is 1.85 bits per heavy atom. The van der Waals surface area contributed by atoms with Gasteiger partial charge in [-0.1, -0.05) is 48.0 Å². The minimum absolute atomic E-state index is 0.352. The predicted molar refractivity (Wildman–Crippen MR) is 101 cm³/mol. The first-order valence-electron chi connectivity index (χ1n) is 8.64. The first-order valence-corrected chi connectivity index (χ1v) is 9.02. The van der Waals surface area contributed by atoms with E-state index in [0.717, 1.165) is 11.1 Å². The van der Waals surface area contributed by atoms with Crippen molar-refractivity contribution in [1.82, 2.24) is 15.1 Å². The number of benzene rings is 2. The molecule has 142 valence electrons. The molecule has 0 amide bonds. The number of rotatable bonds is 9. The van der Waals surface area contributed by atoms with Crippen molar-refractivity contribution in [2.45, 2.75) is 19.5 Å². The van der Waals surface area contributed by atoms with Crippen LogP contribution in [-0.4, -0.2) is 35.4 Å². The lowest BCUT2D eigenvalue weighted by Crippen LogP contribution is -2.27. The molecule has 0 fully saturated rings. The summed E-state index contributed by atoms with van der Waals surface area (Å²) in [6.45, 7) is 2.18. The summed E-state index contributed by atoms with van der Waals surface area (Å²) in [5, 5.41) is 8.67. The highest BCUT2D eigenvalue weighted by Gasteiger charge is 2.14. The normalized spacial score (nSPS) is 11.3. The van der Waals surface area contributed by atoms with Gasteiger partial charge in [-0.25, -0.2) is 4.39 Å². The summed E-state index contributed by atoms with van der Waals surface area (Å²) in [4.78, 5) is 2.07. The van der Waals surface area contributed by atoms with Crippen molar-refractivity contribution < 1.29 is 13.5 Å². The summed E-state index contributed by atoms with van der Waals surface area (Å²) in [6.07, 6.45) is 0.593. The Balaban J connectivity index is 1.67. The maximum Gasteiger partial charge on any atom is 0.230 e. The van der Waals surface area contributed by atoms with Gasteiger partial charge in [0, 0.05) is 25.2 Å². The third-order valence-electron chi connectivity index (χ3n) is 4.09. The molecule has 7 heteroatoms. The maximum atomic E-state index is 13.3. The molecule has 1 aromatic heterocycles. The van der Waals surface area contributed by atoms with E-state index < -0.39 is 0 Å². The Morgan fingerprint density at radius 1 is 1.07 bits per heavy atom. The lowest BCUT2D eigenvalue weighted by atomic mass is 10.2. The van der Waals surface area contributed by atoms with Gasteiger partial charge in [-0.2, -0.15) is 0 Å². The van der Waals surface area contributed by atoms with Gasteiger partial charge in [0.05, 0.1) is 19.6 Å². The Hall–Kier alpha value is -2.28. The monoisotopic (exact) mass is 389 g/mol. The van der Waals surface area contributed by atoms with Gasteiger partial charge in [-0.15, -0.1) is 10.2 Å². The molecule has 0 N–H and O–H groups in total. The Morgan fingerprint density at radius 3 is 2.59 bits per heavy atom. The van der Waals surface area contributed by atoms with Gasteiger partial charge >= 0.3 is 0 Å². The Bertz CT molecular complexity index is 857. The molecule has 0 aliphatic rings. The van der Waals surface area contributed by atoms with Crippen molar-refractivity contribution in [3.8, 4) is 0 Å². The minimum atomic E-state index is -0.352. The number of aromatic nitrogens is 2. The molecule has 0 aliphatic heterocycles. The summed E-state index contributed by atoms with van der Waals surface area (Å²) >= 11 is 6.16. The van der Waals surface area contributed by atoms with Gasteiger partial charge in [0.1, 0.15) is 5.82 Å². The summed E-state index contributed by atoms with van der Waals surface area (Å²) in [5.74, 6) is 0.743. The highest BCUT2D eigenvalue weighted by Crippen LogP contribution is 2.20. The number of methoxy groups -OCH3 is 1. The fourth-order valence-corrected chi connectivity index (χ4v) is 2.94.